The number of hydrogen-bond donors (Lipinski definition) is 2. The highest BCUT2D eigenvalue weighted by molar-refractivity contribution is 4.70. The Hall–Kier alpha value is -0.120. The van der Waals surface area contributed by atoms with Crippen LogP contribution in [0.1, 0.15) is 34.1 Å². The second kappa shape index (κ2) is 3.52. The molecule has 11 heavy (non-hydrogen) atoms. The normalized spacial score (nSPS) is 13.6. The zero-order valence-electron chi connectivity index (χ0n) is 7.72. The van der Waals surface area contributed by atoms with Gasteiger partial charge in [-0.3, -0.25) is 0 Å². The lowest BCUT2D eigenvalue weighted by Crippen LogP contribution is -2.45. The third-order valence-electron chi connectivity index (χ3n) is 1.48. The van der Waals surface area contributed by atoms with Crippen LogP contribution in [0.25, 0.3) is 0 Å². The quantitative estimate of drug-likeness (QED) is 0.611. The van der Waals surface area contributed by atoms with Gasteiger partial charge in [0.2, 0.25) is 0 Å². The van der Waals surface area contributed by atoms with E-state index in [0.717, 1.165) is 6.42 Å². The molecule has 0 bridgehead atoms. The van der Waals surface area contributed by atoms with Crippen LogP contribution in [0.4, 0.5) is 0 Å². The highest BCUT2D eigenvalue weighted by Gasteiger charge is 2.39. The van der Waals surface area contributed by atoms with Crippen LogP contribution in [-0.4, -0.2) is 22.8 Å². The van der Waals surface area contributed by atoms with Gasteiger partial charge in [-0.15, -0.1) is 0 Å². The van der Waals surface area contributed by atoms with E-state index in [0.29, 0.717) is 6.61 Å². The zero-order chi connectivity index (χ0) is 9.12. The molecule has 3 nitrogen and oxygen atoms in total. The summed E-state index contributed by atoms with van der Waals surface area (Å²) in [6.07, 6.45) is 0.777. The van der Waals surface area contributed by atoms with E-state index in [-0.39, 0.29) is 0 Å². The van der Waals surface area contributed by atoms with E-state index in [1.165, 1.54) is 0 Å². The molecule has 0 rings (SSSR count). The van der Waals surface area contributed by atoms with E-state index >= 15 is 0 Å². The highest BCUT2D eigenvalue weighted by Crippen LogP contribution is 2.28. The van der Waals surface area contributed by atoms with Crippen molar-refractivity contribution in [3.63, 3.8) is 0 Å². The Bertz CT molecular complexity index is 113. The topological polar surface area (TPSA) is 49.7 Å². The van der Waals surface area contributed by atoms with Gasteiger partial charge < -0.3 is 14.9 Å². The third kappa shape index (κ3) is 3.18. The Kier molecular flexibility index (Phi) is 3.48. The van der Waals surface area contributed by atoms with E-state index in [4.69, 9.17) is 4.74 Å². The van der Waals surface area contributed by atoms with Gasteiger partial charge in [0.1, 0.15) is 0 Å². The van der Waals surface area contributed by atoms with E-state index in [9.17, 15) is 10.2 Å². The molecule has 0 fully saturated rings. The fourth-order valence-corrected chi connectivity index (χ4v) is 0.461. The molecule has 0 saturated heterocycles. The Morgan fingerprint density at radius 1 is 1.18 bits per heavy atom. The smallest absolute Gasteiger partial charge is 0.282 e. The van der Waals surface area contributed by atoms with Crippen LogP contribution in [0.15, 0.2) is 0 Å². The number of aliphatic hydroxyl groups is 2. The first-order chi connectivity index (χ1) is 4.81. The maximum absolute atomic E-state index is 9.32. The van der Waals surface area contributed by atoms with Gasteiger partial charge in [-0.05, 0) is 6.42 Å². The summed E-state index contributed by atoms with van der Waals surface area (Å²) < 4.78 is 4.85. The van der Waals surface area contributed by atoms with Crippen LogP contribution in [-0.2, 0) is 4.74 Å². The minimum atomic E-state index is -2.01. The van der Waals surface area contributed by atoms with Crippen molar-refractivity contribution in [1.82, 2.24) is 0 Å². The van der Waals surface area contributed by atoms with Gasteiger partial charge in [0.05, 0.1) is 6.61 Å². The molecule has 0 aliphatic carbocycles. The molecule has 0 aromatic carbocycles. The second-order valence-corrected chi connectivity index (χ2v) is 3.71. The summed E-state index contributed by atoms with van der Waals surface area (Å²) >= 11 is 0. The predicted octanol–water partition coefficient (Wildman–Crippen LogP) is 1.10. The SMILES string of the molecule is CCCOC(O)(O)C(C)(C)C. The average Bonchev–Trinajstić information content (AvgIpc) is 1.81. The maximum atomic E-state index is 9.32. The summed E-state index contributed by atoms with van der Waals surface area (Å²) in [6, 6.07) is 0. The van der Waals surface area contributed by atoms with E-state index < -0.39 is 11.4 Å². The minimum absolute atomic E-state index is 0.365. The Morgan fingerprint density at radius 2 is 1.64 bits per heavy atom. The fourth-order valence-electron chi connectivity index (χ4n) is 0.461. The first-order valence-electron chi connectivity index (χ1n) is 3.90. The molecule has 2 N–H and O–H groups in total. The lowest BCUT2D eigenvalue weighted by Gasteiger charge is -2.34. The zero-order valence-corrected chi connectivity index (χ0v) is 7.72. The van der Waals surface area contributed by atoms with Crippen molar-refractivity contribution in [2.45, 2.75) is 40.1 Å². The molecule has 0 aliphatic heterocycles. The summed E-state index contributed by atoms with van der Waals surface area (Å²) in [6.45, 7) is 7.41. The van der Waals surface area contributed by atoms with E-state index in [1.54, 1.807) is 20.8 Å². The van der Waals surface area contributed by atoms with Crippen LogP contribution >= 0.6 is 0 Å². The Labute approximate surface area is 68.0 Å². The molecule has 0 amide bonds. The van der Waals surface area contributed by atoms with Crippen LogP contribution in [0.2, 0.25) is 0 Å². The van der Waals surface area contributed by atoms with Crippen molar-refractivity contribution in [1.29, 1.82) is 0 Å². The molecule has 0 heterocycles. The summed E-state index contributed by atoms with van der Waals surface area (Å²) in [5.41, 5.74) is -0.665. The van der Waals surface area contributed by atoms with Crippen molar-refractivity contribution in [2.75, 3.05) is 6.61 Å². The molecular weight excluding hydrogens is 144 g/mol. The Morgan fingerprint density at radius 3 is 1.91 bits per heavy atom. The van der Waals surface area contributed by atoms with E-state index in [2.05, 4.69) is 0 Å². The van der Waals surface area contributed by atoms with Crippen LogP contribution in [0, 0.1) is 5.41 Å². The first-order valence-corrected chi connectivity index (χ1v) is 3.90. The van der Waals surface area contributed by atoms with Crippen molar-refractivity contribution < 1.29 is 14.9 Å². The number of rotatable bonds is 3. The predicted molar refractivity (Wildman–Crippen MR) is 42.9 cm³/mol. The summed E-state index contributed by atoms with van der Waals surface area (Å²) in [5, 5.41) is 18.6. The molecule has 0 atom stereocenters. The largest absolute Gasteiger partial charge is 0.343 e. The molecule has 0 saturated carbocycles. The van der Waals surface area contributed by atoms with Gasteiger partial charge in [-0.1, -0.05) is 27.7 Å². The molecule has 0 unspecified atom stereocenters. The molecule has 3 heteroatoms. The molecule has 0 aliphatic rings. The number of hydrogen-bond acceptors (Lipinski definition) is 3. The minimum Gasteiger partial charge on any atom is -0.343 e. The summed E-state index contributed by atoms with van der Waals surface area (Å²) in [5.74, 6) is -2.01. The van der Waals surface area contributed by atoms with Gasteiger partial charge in [-0.25, -0.2) is 0 Å². The van der Waals surface area contributed by atoms with Crippen molar-refractivity contribution in [2.24, 2.45) is 5.41 Å². The standard InChI is InChI=1S/C8H18O3/c1-5-6-11-8(9,10)7(2,3)4/h9-10H,5-6H2,1-4H3. The van der Waals surface area contributed by atoms with Gasteiger partial charge in [0.15, 0.2) is 0 Å². The highest BCUT2D eigenvalue weighted by atomic mass is 16.8. The van der Waals surface area contributed by atoms with Crippen LogP contribution < -0.4 is 0 Å². The van der Waals surface area contributed by atoms with Crippen LogP contribution in [0.3, 0.4) is 0 Å². The molecule has 0 aromatic heterocycles. The fraction of sp³-hybridized carbons (Fsp3) is 1.00. The summed E-state index contributed by atoms with van der Waals surface area (Å²) in [4.78, 5) is 0. The van der Waals surface area contributed by atoms with Crippen molar-refractivity contribution in [3.8, 4) is 0 Å². The van der Waals surface area contributed by atoms with Crippen molar-refractivity contribution >= 4 is 0 Å². The first kappa shape index (κ1) is 10.9. The van der Waals surface area contributed by atoms with Gasteiger partial charge in [0.25, 0.3) is 5.97 Å². The monoisotopic (exact) mass is 162 g/mol. The van der Waals surface area contributed by atoms with Crippen molar-refractivity contribution in [3.05, 3.63) is 0 Å². The summed E-state index contributed by atoms with van der Waals surface area (Å²) in [7, 11) is 0. The third-order valence-corrected chi connectivity index (χ3v) is 1.48. The molecular formula is C8H18O3. The van der Waals surface area contributed by atoms with E-state index in [1.807, 2.05) is 6.92 Å². The van der Waals surface area contributed by atoms with Gasteiger partial charge >= 0.3 is 0 Å². The molecule has 0 aromatic rings. The lowest BCUT2D eigenvalue weighted by atomic mass is 9.93. The van der Waals surface area contributed by atoms with Gasteiger partial charge in [-0.2, -0.15) is 0 Å². The average molecular weight is 162 g/mol. The molecule has 0 radical (unpaired) electrons. The second-order valence-electron chi connectivity index (χ2n) is 3.71. The van der Waals surface area contributed by atoms with Gasteiger partial charge in [0, 0.05) is 5.41 Å². The Balaban J connectivity index is 4.00. The van der Waals surface area contributed by atoms with Crippen LogP contribution in [0.5, 0.6) is 0 Å². The maximum Gasteiger partial charge on any atom is 0.282 e. The number of ether oxygens (including phenoxy) is 1. The molecule has 68 valence electrons. The lowest BCUT2D eigenvalue weighted by molar-refractivity contribution is -0.385. The molecule has 0 spiro atoms.